The zero-order chi connectivity index (χ0) is 16.8. The lowest BCUT2D eigenvalue weighted by molar-refractivity contribution is 0.238. The predicted octanol–water partition coefficient (Wildman–Crippen LogP) is 2.39. The number of hydrogen-bond acceptors (Lipinski definition) is 4. The van der Waals surface area contributed by atoms with E-state index in [0.29, 0.717) is 6.54 Å². The average Bonchev–Trinajstić information content (AvgIpc) is 2.87. The second-order valence-electron chi connectivity index (χ2n) is 5.58. The van der Waals surface area contributed by atoms with Crippen molar-refractivity contribution in [3.63, 3.8) is 0 Å². The Balaban J connectivity index is 1.78. The molecule has 1 atom stereocenters. The van der Waals surface area contributed by atoms with Gasteiger partial charge in [0.2, 0.25) is 0 Å². The summed E-state index contributed by atoms with van der Waals surface area (Å²) in [6.45, 7) is 6.18. The molecule has 0 spiro atoms. The summed E-state index contributed by atoms with van der Waals surface area (Å²) in [5.74, 6) is 0.722. The molecule has 6 heteroatoms. The highest BCUT2D eigenvalue weighted by atomic mass is 16.5. The number of nitrogens with one attached hydrogen (secondary N) is 2. The molecule has 1 aromatic carbocycles. The molecule has 1 aromatic heterocycles. The lowest BCUT2D eigenvalue weighted by Gasteiger charge is -2.14. The molecular weight excluding hydrogens is 294 g/mol. The first-order chi connectivity index (χ1) is 11.0. The van der Waals surface area contributed by atoms with E-state index in [1.807, 2.05) is 45.0 Å². The minimum Gasteiger partial charge on any atom is -0.392 e. The quantitative estimate of drug-likeness (QED) is 0.763. The van der Waals surface area contributed by atoms with Gasteiger partial charge in [-0.15, -0.1) is 0 Å². The van der Waals surface area contributed by atoms with Crippen LogP contribution in [-0.2, 0) is 13.0 Å². The predicted molar refractivity (Wildman–Crippen MR) is 87.0 cm³/mol. The number of carbonyl (C=O) groups is 1. The Morgan fingerprint density at radius 1 is 1.26 bits per heavy atom. The van der Waals surface area contributed by atoms with Crippen molar-refractivity contribution in [1.29, 1.82) is 0 Å². The smallest absolute Gasteiger partial charge is 0.315 e. The van der Waals surface area contributed by atoms with Gasteiger partial charge < -0.3 is 20.3 Å². The molecular formula is C17H23N3O3. The van der Waals surface area contributed by atoms with Crippen molar-refractivity contribution in [3.05, 3.63) is 52.4 Å². The molecule has 6 nitrogen and oxygen atoms in total. The molecule has 23 heavy (non-hydrogen) atoms. The minimum absolute atomic E-state index is 0.0422. The average molecular weight is 317 g/mol. The summed E-state index contributed by atoms with van der Waals surface area (Å²) in [6.07, 6.45) is 0.735. The van der Waals surface area contributed by atoms with Crippen LogP contribution in [-0.4, -0.2) is 22.8 Å². The summed E-state index contributed by atoms with van der Waals surface area (Å²) >= 11 is 0. The maximum absolute atomic E-state index is 12.0. The number of urea groups is 1. The van der Waals surface area contributed by atoms with Gasteiger partial charge in [0.1, 0.15) is 5.76 Å². The third-order valence-corrected chi connectivity index (χ3v) is 3.77. The molecule has 2 aromatic rings. The van der Waals surface area contributed by atoms with Crippen molar-refractivity contribution >= 4 is 6.03 Å². The van der Waals surface area contributed by atoms with E-state index in [9.17, 15) is 4.79 Å². The molecule has 0 saturated heterocycles. The second kappa shape index (κ2) is 7.78. The second-order valence-corrected chi connectivity index (χ2v) is 5.58. The Hall–Kier alpha value is -2.34. The summed E-state index contributed by atoms with van der Waals surface area (Å²) in [4.78, 5) is 12.0. The molecule has 1 heterocycles. The van der Waals surface area contributed by atoms with Gasteiger partial charge in [-0.2, -0.15) is 0 Å². The Labute approximate surface area is 135 Å². The zero-order valence-corrected chi connectivity index (χ0v) is 13.7. The topological polar surface area (TPSA) is 87.4 Å². The first-order valence-electron chi connectivity index (χ1n) is 7.67. The first-order valence-corrected chi connectivity index (χ1v) is 7.67. The van der Waals surface area contributed by atoms with Crippen molar-refractivity contribution in [1.82, 2.24) is 15.8 Å². The van der Waals surface area contributed by atoms with Gasteiger partial charge in [-0.25, -0.2) is 4.79 Å². The molecule has 2 rings (SSSR count). The van der Waals surface area contributed by atoms with Crippen LogP contribution in [0.15, 0.2) is 28.8 Å². The van der Waals surface area contributed by atoms with E-state index in [-0.39, 0.29) is 18.7 Å². The van der Waals surface area contributed by atoms with Crippen molar-refractivity contribution < 1.29 is 14.4 Å². The minimum atomic E-state index is -0.218. The number of aliphatic hydroxyl groups excluding tert-OH is 1. The molecule has 124 valence electrons. The van der Waals surface area contributed by atoms with Gasteiger partial charge in [0.25, 0.3) is 0 Å². The van der Waals surface area contributed by atoms with Crippen LogP contribution in [0.1, 0.15) is 41.1 Å². The fourth-order valence-corrected chi connectivity index (χ4v) is 2.56. The Morgan fingerprint density at radius 3 is 2.48 bits per heavy atom. The van der Waals surface area contributed by atoms with Gasteiger partial charge in [0.15, 0.2) is 0 Å². The monoisotopic (exact) mass is 317 g/mol. The number of carbonyl (C=O) groups excluding carboxylic acids is 1. The van der Waals surface area contributed by atoms with Crippen molar-refractivity contribution in [2.45, 2.75) is 39.8 Å². The number of nitrogens with zero attached hydrogens (tertiary/aromatic N) is 1. The van der Waals surface area contributed by atoms with Gasteiger partial charge in [-0.05, 0) is 38.3 Å². The molecule has 0 aliphatic rings. The lowest BCUT2D eigenvalue weighted by atomic mass is 10.1. The Bertz CT molecular complexity index is 630. The van der Waals surface area contributed by atoms with Crippen molar-refractivity contribution in [2.24, 2.45) is 0 Å². The highest BCUT2D eigenvalue weighted by Crippen LogP contribution is 2.20. The summed E-state index contributed by atoms with van der Waals surface area (Å²) in [5.41, 5.74) is 3.70. The molecule has 0 radical (unpaired) electrons. The maximum atomic E-state index is 12.0. The Kier molecular flexibility index (Phi) is 5.76. The fraction of sp³-hybridized carbons (Fsp3) is 0.412. The Morgan fingerprint density at radius 2 is 1.91 bits per heavy atom. The third kappa shape index (κ3) is 4.56. The van der Waals surface area contributed by atoms with Crippen molar-refractivity contribution in [2.75, 3.05) is 6.54 Å². The normalized spacial score (nSPS) is 12.0. The van der Waals surface area contributed by atoms with Crippen LogP contribution < -0.4 is 10.6 Å². The molecule has 2 amide bonds. The van der Waals surface area contributed by atoms with Crippen LogP contribution in [0, 0.1) is 13.8 Å². The van der Waals surface area contributed by atoms with E-state index in [0.717, 1.165) is 34.6 Å². The number of amides is 2. The first kappa shape index (κ1) is 17.0. The van der Waals surface area contributed by atoms with Crippen LogP contribution in [0.5, 0.6) is 0 Å². The third-order valence-electron chi connectivity index (χ3n) is 3.77. The zero-order valence-electron chi connectivity index (χ0n) is 13.7. The summed E-state index contributed by atoms with van der Waals surface area (Å²) in [6, 6.07) is 7.30. The highest BCUT2D eigenvalue weighted by molar-refractivity contribution is 5.74. The molecule has 3 N–H and O–H groups in total. The van der Waals surface area contributed by atoms with Gasteiger partial charge in [-0.1, -0.05) is 29.4 Å². The molecule has 0 saturated carbocycles. The van der Waals surface area contributed by atoms with E-state index >= 15 is 0 Å². The van der Waals surface area contributed by atoms with Crippen LogP contribution in [0.3, 0.4) is 0 Å². The van der Waals surface area contributed by atoms with E-state index in [4.69, 9.17) is 9.63 Å². The highest BCUT2D eigenvalue weighted by Gasteiger charge is 2.17. The number of aryl methyl sites for hydroxylation is 2. The van der Waals surface area contributed by atoms with Crippen LogP contribution in [0.2, 0.25) is 0 Å². The van der Waals surface area contributed by atoms with Gasteiger partial charge in [-0.3, -0.25) is 0 Å². The largest absolute Gasteiger partial charge is 0.392 e. The lowest BCUT2D eigenvalue weighted by Crippen LogP contribution is -2.38. The van der Waals surface area contributed by atoms with Crippen molar-refractivity contribution in [3.8, 4) is 0 Å². The van der Waals surface area contributed by atoms with E-state index < -0.39 is 0 Å². The van der Waals surface area contributed by atoms with Gasteiger partial charge >= 0.3 is 6.03 Å². The number of rotatable bonds is 6. The maximum Gasteiger partial charge on any atom is 0.315 e. The number of aromatic nitrogens is 1. The molecule has 0 fully saturated rings. The molecule has 0 aliphatic carbocycles. The van der Waals surface area contributed by atoms with Crippen LogP contribution in [0.4, 0.5) is 4.79 Å². The molecule has 0 bridgehead atoms. The van der Waals surface area contributed by atoms with E-state index in [1.54, 1.807) is 0 Å². The van der Waals surface area contributed by atoms with E-state index in [1.165, 1.54) is 0 Å². The van der Waals surface area contributed by atoms with Crippen LogP contribution in [0.25, 0.3) is 0 Å². The number of benzene rings is 1. The summed E-state index contributed by atoms with van der Waals surface area (Å²) < 4.78 is 5.12. The number of hydrogen-bond donors (Lipinski definition) is 3. The summed E-state index contributed by atoms with van der Waals surface area (Å²) in [5, 5.41) is 18.6. The molecule has 0 aliphatic heterocycles. The number of aliphatic hydroxyl groups is 1. The molecule has 1 unspecified atom stereocenters. The van der Waals surface area contributed by atoms with Gasteiger partial charge in [0.05, 0.1) is 18.3 Å². The standard InChI is InChI=1S/C17H23N3O3/c1-11(16-12(2)20-23-13(16)3)19-17(22)18-9-8-14-4-6-15(10-21)7-5-14/h4-7,11,21H,8-10H2,1-3H3,(H2,18,19,22). The van der Waals surface area contributed by atoms with Crippen LogP contribution >= 0.6 is 0 Å². The van der Waals surface area contributed by atoms with E-state index in [2.05, 4.69) is 15.8 Å². The SMILES string of the molecule is Cc1noc(C)c1C(C)NC(=O)NCCc1ccc(CO)cc1. The fourth-order valence-electron chi connectivity index (χ4n) is 2.56. The van der Waals surface area contributed by atoms with Gasteiger partial charge in [0, 0.05) is 12.1 Å². The summed E-state index contributed by atoms with van der Waals surface area (Å²) in [7, 11) is 0.